The van der Waals surface area contributed by atoms with Crippen LogP contribution in [0.5, 0.6) is 0 Å². The van der Waals surface area contributed by atoms with E-state index in [2.05, 4.69) is 170 Å². The van der Waals surface area contributed by atoms with E-state index < -0.39 is 35.3 Å². The van der Waals surface area contributed by atoms with Crippen LogP contribution in [0.1, 0.15) is 231 Å². The Balaban J connectivity index is 0.000000110. The summed E-state index contributed by atoms with van der Waals surface area (Å²) in [6.45, 7) is 9.07. The maximum absolute atomic E-state index is 13.1. The number of imidazole rings is 5. The zero-order valence-electron chi connectivity index (χ0n) is 70.8. The first kappa shape index (κ1) is 87.1. The fourth-order valence-electron chi connectivity index (χ4n) is 21.8. The summed E-state index contributed by atoms with van der Waals surface area (Å²) in [6.07, 6.45) is 24.3. The number of carbonyl (C=O) groups excluding carboxylic acids is 2. The normalized spacial score (nSPS) is 22.5. The second-order valence-electron chi connectivity index (χ2n) is 34.0. The predicted molar refractivity (Wildman–Crippen MR) is 470 cm³/mol. The topological polar surface area (TPSA) is 396 Å². The van der Waals surface area contributed by atoms with Crippen LogP contribution in [0.4, 0.5) is 5.69 Å². The Bertz CT molecular complexity index is 6580. The van der Waals surface area contributed by atoms with Gasteiger partial charge in [-0.1, -0.05) is 136 Å². The first-order valence-corrected chi connectivity index (χ1v) is 42.9. The Labute approximate surface area is 759 Å². The molecule has 0 spiro atoms. The number of aromatic nitrogens is 15. The molecule has 0 fully saturated rings. The number of rotatable bonds is 8. The van der Waals surface area contributed by atoms with Crippen molar-refractivity contribution in [3.63, 3.8) is 0 Å². The maximum atomic E-state index is 13.1. The van der Waals surface area contributed by atoms with Crippen molar-refractivity contribution in [3.8, 4) is 56.3 Å². The van der Waals surface area contributed by atoms with Crippen molar-refractivity contribution in [1.82, 2.24) is 72.7 Å². The smallest absolute Gasteiger partial charge is 0.870 e. The molecule has 5 aliphatic heterocycles. The molecule has 10 aromatic heterocycles. The number of fused-ring (bicyclic) bond motifs is 20. The van der Waals surface area contributed by atoms with Gasteiger partial charge < -0.3 is 70.5 Å². The number of nitro groups is 1. The van der Waals surface area contributed by atoms with Crippen LogP contribution in [-0.2, 0) is 36.8 Å². The van der Waals surface area contributed by atoms with E-state index in [1.807, 2.05) is 108 Å². The molecule has 8 unspecified atom stereocenters. The summed E-state index contributed by atoms with van der Waals surface area (Å²) in [5.74, 6) is 6.48. The molecule has 656 valence electrons. The number of aryl methyl sites for hydroxylation is 10. The number of hydrogen-bond acceptors (Lipinski definition) is 24. The number of ketones is 1. The van der Waals surface area contributed by atoms with Gasteiger partial charge in [0.05, 0.1) is 132 Å². The third-order valence-corrected chi connectivity index (χ3v) is 27.1. The van der Waals surface area contributed by atoms with Gasteiger partial charge in [-0.25, -0.2) is 54.6 Å². The quantitative estimate of drug-likeness (QED) is 0.0550. The minimum absolute atomic E-state index is 0. The Hall–Kier alpha value is -13.6. The molecule has 0 saturated carbocycles. The van der Waals surface area contributed by atoms with Gasteiger partial charge in [-0.2, -0.15) is 0 Å². The Morgan fingerprint density at radius 2 is 0.677 bits per heavy atom. The minimum Gasteiger partial charge on any atom is -0.870 e. The molecule has 0 radical (unpaired) electrons. The fraction of sp³-hybridized carbons (Fsp3) is 0.313. The number of benzene rings is 6. The van der Waals surface area contributed by atoms with Crippen LogP contribution in [-0.4, -0.2) is 110 Å². The largest absolute Gasteiger partial charge is 1.00 e. The second kappa shape index (κ2) is 34.8. The van der Waals surface area contributed by atoms with Gasteiger partial charge in [0, 0.05) is 136 Å². The number of Topliss-reactive ketones (excluding diaryl/α,β-unsaturated/α-hetero) is 1. The van der Waals surface area contributed by atoms with Crippen molar-refractivity contribution >= 4 is 17.4 Å². The van der Waals surface area contributed by atoms with E-state index in [4.69, 9.17) is 26.8 Å². The first-order chi connectivity index (χ1) is 61.5. The third-order valence-electron chi connectivity index (χ3n) is 27.1. The molecule has 15 heterocycles. The van der Waals surface area contributed by atoms with Gasteiger partial charge in [-0.05, 0) is 72.1 Å². The average Bonchev–Trinajstić information content (AvgIpc) is 1.57. The van der Waals surface area contributed by atoms with Gasteiger partial charge >= 0.3 is 24.8 Å². The van der Waals surface area contributed by atoms with Gasteiger partial charge in [-0.3, -0.25) is 14.9 Å². The number of nitrogens with zero attached hydrogens (tertiary/aromatic N) is 16. The number of hydrogen-bond donors (Lipinski definition) is 3. The summed E-state index contributed by atoms with van der Waals surface area (Å²) in [5.41, 5.74) is 21.0. The summed E-state index contributed by atoms with van der Waals surface area (Å²) < 4.78 is 45.2. The summed E-state index contributed by atoms with van der Waals surface area (Å²) in [6, 6.07) is 47.3. The predicted octanol–water partition coefficient (Wildman–Crippen LogP) is 15.2. The summed E-state index contributed by atoms with van der Waals surface area (Å²) >= 11 is 0. The molecule has 0 bridgehead atoms. The van der Waals surface area contributed by atoms with Gasteiger partial charge in [-0.15, -0.1) is 0 Å². The standard InChI is InChI=1S/C25H20N4O5.3C18H17N3O2.C18H15N3O2.2CH4.Li.H2O/c1-14-27-22-21(33-14)11-10-19(23-18-5-3-2-4-17(18)20-12-26-13-28(20)23)24(22)34-25(30)15-6-8-16(9-7-15)29(31)32;4*1-10-20-16-15(23-10)7-6-13(18(16)22)17-12-5-3-2-4-11(12)14-8-19-9-21(14)17;;;;/h2-9,12-13,19,23-24H,10-11H2,1H3;3*2-5,8-9,13,17-18,22H,6-7H2,1H3;2-5,8-9,13,17H,6-7H2,1H3;2*1H4;;1H2/q;;;;;;;+1;/p-1/t;2*13-,17+,18-;;;;;;/m.10....../s1. The zero-order valence-corrected chi connectivity index (χ0v) is 70.8. The SMILES string of the molecule is C.C.Cc1nc2c(o1)CCC(C1c3ccccc3-c3cncn31)C2=O.Cc1nc2c(o1)CCC(C1c3ccccc3-c3cncn31)C2O.Cc1nc2c(o1)CCC(C1c3ccccc3-c3cncn31)C2OC(=O)c1ccc([N+](=O)[O-])cc1.Cc1nc2c(o1)CC[C@@H]([C@H]1c3ccccc3-c3cncn31)[C@@H]2O.Cc1nc2c(o1)CC[C@H]([C@@H]1c3ccccc3-c3cncn31)[C@H]2O.[Li+].[OH-]. The number of esters is 1. The van der Waals surface area contributed by atoms with E-state index in [9.17, 15) is 35.0 Å². The van der Waals surface area contributed by atoms with Crippen molar-refractivity contribution in [2.24, 2.45) is 29.6 Å². The molecular weight excluding hydrogens is 1640 g/mol. The Morgan fingerprint density at radius 3 is 1.03 bits per heavy atom. The molecular formula is C99H95LiN16O14. The van der Waals surface area contributed by atoms with Crippen LogP contribution in [0.3, 0.4) is 0 Å². The van der Waals surface area contributed by atoms with Crippen molar-refractivity contribution in [3.05, 3.63) is 338 Å². The zero-order chi connectivity index (χ0) is 85.6. The molecule has 5 aliphatic carbocycles. The summed E-state index contributed by atoms with van der Waals surface area (Å²) in [4.78, 5) is 80.3. The van der Waals surface area contributed by atoms with Crippen molar-refractivity contribution in [1.29, 1.82) is 0 Å². The molecule has 14 atom stereocenters. The van der Waals surface area contributed by atoms with Gasteiger partial charge in [0.15, 0.2) is 41.3 Å². The van der Waals surface area contributed by atoms with Crippen molar-refractivity contribution in [2.45, 2.75) is 168 Å². The van der Waals surface area contributed by atoms with Crippen LogP contribution >= 0.6 is 0 Å². The van der Waals surface area contributed by atoms with Crippen LogP contribution < -0.4 is 18.9 Å². The number of nitro benzene ring substituents is 1. The third kappa shape index (κ3) is 14.5. The molecule has 31 heteroatoms. The average molecular weight is 1740 g/mol. The van der Waals surface area contributed by atoms with Gasteiger partial charge in [0.2, 0.25) is 0 Å². The molecule has 0 saturated heterocycles. The molecule has 0 amide bonds. The van der Waals surface area contributed by atoms with E-state index in [0.29, 0.717) is 64.3 Å². The number of oxazole rings is 5. The molecule has 10 aliphatic rings. The Morgan fingerprint density at radius 1 is 0.392 bits per heavy atom. The number of ether oxygens (including phenoxy) is 1. The van der Waals surface area contributed by atoms with E-state index in [0.717, 1.165) is 126 Å². The van der Waals surface area contributed by atoms with E-state index in [1.54, 1.807) is 13.8 Å². The molecule has 130 heavy (non-hydrogen) atoms. The van der Waals surface area contributed by atoms with E-state index in [-0.39, 0.29) is 116 Å². The molecule has 26 rings (SSSR count). The van der Waals surface area contributed by atoms with Gasteiger partial charge in [0.1, 0.15) is 75.6 Å². The summed E-state index contributed by atoms with van der Waals surface area (Å²) in [5, 5.41) is 43.8. The number of carbonyl (C=O) groups is 2. The fourth-order valence-corrected chi connectivity index (χ4v) is 21.8. The number of non-ortho nitro benzene ring substituents is 1. The van der Waals surface area contributed by atoms with E-state index in [1.165, 1.54) is 68.8 Å². The van der Waals surface area contributed by atoms with Crippen LogP contribution in [0.25, 0.3) is 56.3 Å². The number of aliphatic hydroxyl groups is 3. The first-order valence-electron chi connectivity index (χ1n) is 42.9. The molecule has 6 aromatic carbocycles. The monoisotopic (exact) mass is 1740 g/mol. The Kier molecular flexibility index (Phi) is 23.3. The van der Waals surface area contributed by atoms with E-state index >= 15 is 0 Å². The van der Waals surface area contributed by atoms with Crippen LogP contribution in [0.2, 0.25) is 0 Å². The van der Waals surface area contributed by atoms with Crippen LogP contribution in [0, 0.1) is 74.3 Å². The second-order valence-corrected chi connectivity index (χ2v) is 34.0. The minimum atomic E-state index is -0.643. The van der Waals surface area contributed by atoms with Crippen LogP contribution in [0.15, 0.2) is 230 Å². The maximum Gasteiger partial charge on any atom is 1.00 e. The van der Waals surface area contributed by atoms with Crippen molar-refractivity contribution < 1.29 is 81.0 Å². The molecule has 4 N–H and O–H groups in total. The van der Waals surface area contributed by atoms with Crippen molar-refractivity contribution in [2.75, 3.05) is 0 Å². The molecule has 30 nitrogen and oxygen atoms in total. The number of aliphatic hydroxyl groups excluding tert-OH is 3. The molecule has 16 aromatic rings. The summed E-state index contributed by atoms with van der Waals surface area (Å²) in [7, 11) is 0. The van der Waals surface area contributed by atoms with Gasteiger partial charge in [0.25, 0.3) is 5.69 Å².